The van der Waals surface area contributed by atoms with Gasteiger partial charge in [0, 0.05) is 19.5 Å². The summed E-state index contributed by atoms with van der Waals surface area (Å²) in [5.41, 5.74) is 0.951. The van der Waals surface area contributed by atoms with E-state index in [1.54, 1.807) is 42.5 Å². The minimum atomic E-state index is -3.52. The van der Waals surface area contributed by atoms with Crippen molar-refractivity contribution in [3.63, 3.8) is 0 Å². The molecule has 2 aromatic rings. The van der Waals surface area contributed by atoms with E-state index in [0.717, 1.165) is 6.26 Å². The first-order chi connectivity index (χ1) is 12.8. The Kier molecular flexibility index (Phi) is 7.32. The van der Waals surface area contributed by atoms with E-state index in [9.17, 15) is 17.6 Å². The summed E-state index contributed by atoms with van der Waals surface area (Å²) in [5.74, 6) is -0.190. The predicted molar refractivity (Wildman–Crippen MR) is 103 cm³/mol. The van der Waals surface area contributed by atoms with Crippen molar-refractivity contribution < 1.29 is 22.3 Å². The first-order valence-corrected chi connectivity index (χ1v) is 10.3. The molecule has 0 atom stereocenters. The standard InChI is InChI=1S/C19H23FN2O4S/c1-26-18-10-6-5-9-17(18)21-19(23)12-14-22(27(2,24)25)13-11-15-7-3-4-8-16(15)20/h3-10H,11-14H2,1-2H3,(H,21,23). The topological polar surface area (TPSA) is 75.7 Å². The van der Waals surface area contributed by atoms with Crippen molar-refractivity contribution in [2.45, 2.75) is 12.8 Å². The van der Waals surface area contributed by atoms with Crippen LogP contribution in [0.1, 0.15) is 12.0 Å². The van der Waals surface area contributed by atoms with E-state index < -0.39 is 10.0 Å². The molecule has 8 heteroatoms. The number of methoxy groups -OCH3 is 1. The van der Waals surface area contributed by atoms with Crippen molar-refractivity contribution in [2.24, 2.45) is 0 Å². The molecule has 0 fully saturated rings. The minimum Gasteiger partial charge on any atom is -0.495 e. The van der Waals surface area contributed by atoms with E-state index in [1.807, 2.05) is 0 Å². The van der Waals surface area contributed by atoms with E-state index in [-0.39, 0.29) is 37.7 Å². The average molecular weight is 394 g/mol. The molecule has 0 aliphatic rings. The molecule has 146 valence electrons. The van der Waals surface area contributed by atoms with Crippen LogP contribution in [0.4, 0.5) is 10.1 Å². The van der Waals surface area contributed by atoms with Crippen LogP contribution in [0.2, 0.25) is 0 Å². The fourth-order valence-electron chi connectivity index (χ4n) is 2.58. The zero-order valence-corrected chi connectivity index (χ0v) is 16.1. The summed E-state index contributed by atoms with van der Waals surface area (Å²) in [7, 11) is -2.02. The van der Waals surface area contributed by atoms with Crippen LogP contribution >= 0.6 is 0 Å². The van der Waals surface area contributed by atoms with Gasteiger partial charge in [0.1, 0.15) is 11.6 Å². The first-order valence-electron chi connectivity index (χ1n) is 8.42. The third kappa shape index (κ3) is 6.33. The molecule has 0 aliphatic heterocycles. The van der Waals surface area contributed by atoms with Crippen LogP contribution in [-0.2, 0) is 21.2 Å². The summed E-state index contributed by atoms with van der Waals surface area (Å²) in [5, 5.41) is 2.71. The summed E-state index contributed by atoms with van der Waals surface area (Å²) in [6.07, 6.45) is 1.28. The number of nitrogens with zero attached hydrogens (tertiary/aromatic N) is 1. The Hall–Kier alpha value is -2.45. The van der Waals surface area contributed by atoms with Gasteiger partial charge >= 0.3 is 0 Å². The van der Waals surface area contributed by atoms with E-state index in [1.165, 1.54) is 17.5 Å². The number of benzene rings is 2. The maximum atomic E-state index is 13.7. The molecule has 2 rings (SSSR count). The highest BCUT2D eigenvalue weighted by Crippen LogP contribution is 2.23. The summed E-state index contributed by atoms with van der Waals surface area (Å²) in [4.78, 5) is 12.2. The number of sulfonamides is 1. The third-order valence-corrected chi connectivity index (χ3v) is 5.33. The normalized spacial score (nSPS) is 11.4. The molecule has 0 saturated carbocycles. The third-order valence-electron chi connectivity index (χ3n) is 4.03. The van der Waals surface area contributed by atoms with Crippen LogP contribution in [0, 0.1) is 5.82 Å². The van der Waals surface area contributed by atoms with Crippen LogP contribution in [0.3, 0.4) is 0 Å². The van der Waals surface area contributed by atoms with Gasteiger partial charge in [-0.3, -0.25) is 4.79 Å². The number of nitrogens with one attached hydrogen (secondary N) is 1. The molecule has 1 N–H and O–H groups in total. The van der Waals surface area contributed by atoms with Gasteiger partial charge in [-0.1, -0.05) is 30.3 Å². The van der Waals surface area contributed by atoms with Gasteiger partial charge in [-0.05, 0) is 30.2 Å². The Morgan fingerprint density at radius 1 is 1.11 bits per heavy atom. The first kappa shape index (κ1) is 20.9. The lowest BCUT2D eigenvalue weighted by Gasteiger charge is -2.20. The van der Waals surface area contributed by atoms with Crippen LogP contribution in [-0.4, -0.2) is 45.1 Å². The Balaban J connectivity index is 1.96. The number of halogens is 1. The van der Waals surface area contributed by atoms with Crippen molar-refractivity contribution in [1.29, 1.82) is 0 Å². The highest BCUT2D eigenvalue weighted by atomic mass is 32.2. The number of amides is 1. The second kappa shape index (κ2) is 9.48. The molecular weight excluding hydrogens is 371 g/mol. The van der Waals surface area contributed by atoms with Crippen LogP contribution < -0.4 is 10.1 Å². The smallest absolute Gasteiger partial charge is 0.225 e. The van der Waals surface area contributed by atoms with Crippen molar-refractivity contribution in [3.8, 4) is 5.75 Å². The zero-order chi connectivity index (χ0) is 19.9. The summed E-state index contributed by atoms with van der Waals surface area (Å²) in [6, 6.07) is 13.2. The second-order valence-electron chi connectivity index (χ2n) is 6.00. The van der Waals surface area contributed by atoms with Gasteiger partial charge in [-0.25, -0.2) is 17.1 Å². The SMILES string of the molecule is COc1ccccc1NC(=O)CCN(CCc1ccccc1F)S(C)(=O)=O. The quantitative estimate of drug-likeness (QED) is 0.710. The monoisotopic (exact) mass is 394 g/mol. The van der Waals surface area contributed by atoms with Gasteiger partial charge in [-0.15, -0.1) is 0 Å². The molecule has 0 radical (unpaired) electrons. The molecule has 0 aromatic heterocycles. The fourth-order valence-corrected chi connectivity index (χ4v) is 3.42. The van der Waals surface area contributed by atoms with Crippen molar-refractivity contribution >= 4 is 21.6 Å². The lowest BCUT2D eigenvalue weighted by Crippen LogP contribution is -2.34. The van der Waals surface area contributed by atoms with E-state index in [4.69, 9.17) is 4.74 Å². The van der Waals surface area contributed by atoms with Crippen LogP contribution in [0.5, 0.6) is 5.75 Å². The summed E-state index contributed by atoms with van der Waals surface area (Å²) < 4.78 is 44.0. The number of rotatable bonds is 9. The lowest BCUT2D eigenvalue weighted by atomic mass is 10.1. The number of para-hydroxylation sites is 2. The van der Waals surface area contributed by atoms with E-state index in [0.29, 0.717) is 17.0 Å². The lowest BCUT2D eigenvalue weighted by molar-refractivity contribution is -0.116. The number of anilines is 1. The highest BCUT2D eigenvalue weighted by Gasteiger charge is 2.19. The van der Waals surface area contributed by atoms with Gasteiger partial charge in [-0.2, -0.15) is 0 Å². The molecule has 6 nitrogen and oxygen atoms in total. The molecule has 1 amide bonds. The van der Waals surface area contributed by atoms with Crippen molar-refractivity contribution in [1.82, 2.24) is 4.31 Å². The van der Waals surface area contributed by atoms with Crippen molar-refractivity contribution in [3.05, 3.63) is 59.9 Å². The Labute approximate surface area is 159 Å². The minimum absolute atomic E-state index is 0.00820. The fraction of sp³-hybridized carbons (Fsp3) is 0.316. The molecule has 0 saturated heterocycles. The Morgan fingerprint density at radius 2 is 1.78 bits per heavy atom. The van der Waals surface area contributed by atoms with Gasteiger partial charge < -0.3 is 10.1 Å². The largest absolute Gasteiger partial charge is 0.495 e. The molecule has 0 bridgehead atoms. The van der Waals surface area contributed by atoms with Gasteiger partial charge in [0.15, 0.2) is 0 Å². The van der Waals surface area contributed by atoms with Crippen LogP contribution in [0.15, 0.2) is 48.5 Å². The molecule has 27 heavy (non-hydrogen) atoms. The average Bonchev–Trinajstić information content (AvgIpc) is 2.62. The maximum absolute atomic E-state index is 13.7. The second-order valence-corrected chi connectivity index (χ2v) is 7.98. The Morgan fingerprint density at radius 3 is 2.44 bits per heavy atom. The number of ether oxygens (including phenoxy) is 1. The molecule has 0 unspecified atom stereocenters. The number of hydrogen-bond donors (Lipinski definition) is 1. The van der Waals surface area contributed by atoms with Gasteiger partial charge in [0.05, 0.1) is 19.1 Å². The zero-order valence-electron chi connectivity index (χ0n) is 15.3. The van der Waals surface area contributed by atoms with Crippen molar-refractivity contribution in [2.75, 3.05) is 31.8 Å². The molecule has 2 aromatic carbocycles. The van der Waals surface area contributed by atoms with E-state index in [2.05, 4.69) is 5.32 Å². The Bertz CT molecular complexity index is 887. The predicted octanol–water partition coefficient (Wildman–Crippen LogP) is 2.67. The number of carbonyl (C=O) groups excluding carboxylic acids is 1. The molecule has 0 spiro atoms. The number of carbonyl (C=O) groups is 1. The van der Waals surface area contributed by atoms with Crippen LogP contribution in [0.25, 0.3) is 0 Å². The molecule has 0 aliphatic carbocycles. The van der Waals surface area contributed by atoms with Gasteiger partial charge in [0.25, 0.3) is 0 Å². The maximum Gasteiger partial charge on any atom is 0.225 e. The molecular formula is C19H23FN2O4S. The molecule has 0 heterocycles. The van der Waals surface area contributed by atoms with E-state index >= 15 is 0 Å². The number of hydrogen-bond acceptors (Lipinski definition) is 4. The summed E-state index contributed by atoms with van der Waals surface area (Å²) in [6.45, 7) is 0.107. The van der Waals surface area contributed by atoms with Gasteiger partial charge in [0.2, 0.25) is 15.9 Å². The highest BCUT2D eigenvalue weighted by molar-refractivity contribution is 7.88. The summed E-state index contributed by atoms with van der Waals surface area (Å²) >= 11 is 0.